The molecule has 0 atom stereocenters. The van der Waals surface area contributed by atoms with Crippen LogP contribution in [0.2, 0.25) is 0 Å². The van der Waals surface area contributed by atoms with Gasteiger partial charge in [-0.15, -0.1) is 22.7 Å². The van der Waals surface area contributed by atoms with Crippen molar-refractivity contribution in [2.24, 2.45) is 0 Å². The first-order chi connectivity index (χ1) is 58.6. The van der Waals surface area contributed by atoms with E-state index in [2.05, 4.69) is 469 Å². The quantitative estimate of drug-likeness (QED) is 0.0901. The number of para-hydroxylation sites is 4. The number of fused-ring (bicyclic) bond motifs is 14. The van der Waals surface area contributed by atoms with E-state index >= 15 is 0 Å². The summed E-state index contributed by atoms with van der Waals surface area (Å²) in [7, 11) is 0. The molecule has 2 aromatic heterocycles. The predicted molar refractivity (Wildman–Crippen MR) is 508 cm³/mol. The van der Waals surface area contributed by atoms with E-state index in [0.29, 0.717) is 0 Å². The van der Waals surface area contributed by atoms with E-state index < -0.39 is 0 Å². The van der Waals surface area contributed by atoms with Crippen molar-refractivity contribution in [1.82, 2.24) is 0 Å². The van der Waals surface area contributed by atoms with E-state index in [1.54, 1.807) is 0 Å². The van der Waals surface area contributed by atoms with Crippen LogP contribution in [-0.4, -0.2) is 0 Å². The molecule has 0 fully saturated rings. The highest BCUT2D eigenvalue weighted by molar-refractivity contribution is 7.28. The molecule has 118 heavy (non-hydrogen) atoms. The Hall–Kier alpha value is -14.9. The molecule has 554 valence electrons. The van der Waals surface area contributed by atoms with Gasteiger partial charge in [0.15, 0.2) is 0 Å². The van der Waals surface area contributed by atoms with Crippen LogP contribution in [0.25, 0.3) is 139 Å². The van der Waals surface area contributed by atoms with Gasteiger partial charge in [0.2, 0.25) is 0 Å². The van der Waals surface area contributed by atoms with Crippen molar-refractivity contribution in [2.45, 2.75) is 0 Å². The monoisotopic (exact) mass is 1540 g/mol. The summed E-state index contributed by atoms with van der Waals surface area (Å²) < 4.78 is 5.04. The molecule has 2 heterocycles. The van der Waals surface area contributed by atoms with Crippen molar-refractivity contribution < 1.29 is 0 Å². The van der Waals surface area contributed by atoms with Gasteiger partial charge in [-0.25, -0.2) is 0 Å². The van der Waals surface area contributed by atoms with E-state index in [-0.39, 0.29) is 0 Å². The van der Waals surface area contributed by atoms with E-state index in [4.69, 9.17) is 0 Å². The number of hydrogen-bond donors (Lipinski definition) is 0. The van der Waals surface area contributed by atoms with Crippen LogP contribution < -0.4 is 19.6 Å². The van der Waals surface area contributed by atoms with E-state index in [9.17, 15) is 0 Å². The van der Waals surface area contributed by atoms with Crippen molar-refractivity contribution >= 4 is 174 Å². The highest BCUT2D eigenvalue weighted by Crippen LogP contribution is 2.55. The third kappa shape index (κ3) is 12.3. The summed E-state index contributed by atoms with van der Waals surface area (Å²) >= 11 is 3.81. The first-order valence-electron chi connectivity index (χ1n) is 40.3. The molecule has 0 bridgehead atoms. The van der Waals surface area contributed by atoms with Gasteiger partial charge in [-0.3, -0.25) is 0 Å². The summed E-state index contributed by atoms with van der Waals surface area (Å²) in [5.41, 5.74) is 24.5. The lowest BCUT2D eigenvalue weighted by Gasteiger charge is -2.30. The van der Waals surface area contributed by atoms with Gasteiger partial charge in [0, 0.05) is 129 Å². The minimum atomic E-state index is 1.04. The fraction of sp³-hybridized carbons (Fsp3) is 0. The van der Waals surface area contributed by atoms with Gasteiger partial charge in [-0.05, 0) is 154 Å². The highest BCUT2D eigenvalue weighted by atomic mass is 32.1. The Bertz CT molecular complexity index is 7520. The minimum Gasteiger partial charge on any atom is -0.310 e. The molecular weight excluding hydrogens is 1470 g/mol. The summed E-state index contributed by atoms with van der Waals surface area (Å²) in [6, 6.07) is 165. The molecule has 0 N–H and O–H groups in total. The molecular formula is C112H74N4S2. The molecule has 0 aliphatic carbocycles. The summed E-state index contributed by atoms with van der Waals surface area (Å²) in [5, 5.41) is 14.4. The molecule has 0 unspecified atom stereocenters. The maximum Gasteiger partial charge on any atom is 0.0547 e. The van der Waals surface area contributed by atoms with Gasteiger partial charge in [0.25, 0.3) is 0 Å². The number of anilines is 12. The summed E-state index contributed by atoms with van der Waals surface area (Å²) in [6.45, 7) is 0. The molecule has 0 amide bonds. The van der Waals surface area contributed by atoms with Gasteiger partial charge in [-0.2, -0.15) is 0 Å². The molecule has 20 aromatic carbocycles. The number of benzene rings is 20. The molecule has 4 nitrogen and oxygen atoms in total. The Morgan fingerprint density at radius 2 is 0.356 bits per heavy atom. The smallest absolute Gasteiger partial charge is 0.0547 e. The zero-order valence-corrected chi connectivity index (χ0v) is 66.0. The second kappa shape index (κ2) is 29.8. The van der Waals surface area contributed by atoms with Gasteiger partial charge >= 0.3 is 0 Å². The Kier molecular flexibility index (Phi) is 17.6. The van der Waals surface area contributed by atoms with Crippen molar-refractivity contribution in [3.8, 4) is 55.6 Å². The van der Waals surface area contributed by atoms with Gasteiger partial charge in [-0.1, -0.05) is 340 Å². The first kappa shape index (κ1) is 69.8. The first-order valence-corrected chi connectivity index (χ1v) is 41.9. The molecule has 6 heteroatoms. The molecule has 0 radical (unpaired) electrons. The van der Waals surface area contributed by atoms with Crippen LogP contribution >= 0.6 is 22.7 Å². The molecule has 22 aromatic rings. The van der Waals surface area contributed by atoms with Crippen LogP contribution in [-0.2, 0) is 0 Å². The Labute approximate surface area is 693 Å². The second-order valence-corrected chi connectivity index (χ2v) is 32.2. The highest BCUT2D eigenvalue weighted by Gasteiger charge is 2.29. The summed E-state index contributed by atoms with van der Waals surface area (Å²) in [4.78, 5) is 9.94. The molecule has 0 aliphatic rings. The molecule has 0 saturated carbocycles. The standard InChI is InChI=1S/C112H74N4S2/c1-7-32-75(33-8-1)77-58-64-85(65-59-77)113(83-41-15-5-16-42-83)105-71-99-100-72-106(92-49-20-24-53-96(92)110(100)117-109(99)95-52-23-19-48-91(95)105)114(86-66-60-78(61-67-86)76-34-9-2-10-35-76)88-45-31-40-82(70-88)79-62-68-87(69-63-79)116(104-57-30-28-47-90(104)81-38-13-4-14-39-81)108-74-102-101-73-107(93-50-21-25-54-97(93)111(101)118-112(102)98-55-26-22-51-94(98)108)115(84-43-17-6-18-44-84)103-56-29-27-46-89(103)80-36-11-3-12-37-80/h1-74H. The van der Waals surface area contributed by atoms with Crippen LogP contribution in [0.5, 0.6) is 0 Å². The SMILES string of the molecule is c1ccc(-c2ccc(N(c3ccccc3)c3cc4c5cc(N(c6ccc(-c7ccccc7)cc6)c6cccc(-c7ccc(N(c8ccccc8-c8ccccc8)c8cc9c%10cc(N(c%11ccccc%11)c%11ccccc%11-c%11ccccc%11)c%11ccccc%11c%10sc9c9ccccc89)cc7)c6)c6ccccc6c5sc4c4ccccc34)cc2)cc1. The maximum absolute atomic E-state index is 2.52. The largest absolute Gasteiger partial charge is 0.310 e. The number of hydrogen-bond acceptors (Lipinski definition) is 6. The van der Waals surface area contributed by atoms with Crippen LogP contribution in [0.4, 0.5) is 68.2 Å². The Morgan fingerprint density at radius 3 is 0.712 bits per heavy atom. The van der Waals surface area contributed by atoms with E-state index in [1.807, 2.05) is 22.7 Å². The van der Waals surface area contributed by atoms with Crippen molar-refractivity contribution in [3.63, 3.8) is 0 Å². The summed E-state index contributed by atoms with van der Waals surface area (Å²) in [6.07, 6.45) is 0. The van der Waals surface area contributed by atoms with E-state index in [1.165, 1.54) is 100 Å². The van der Waals surface area contributed by atoms with Crippen molar-refractivity contribution in [1.29, 1.82) is 0 Å². The second-order valence-electron chi connectivity index (χ2n) is 30.2. The van der Waals surface area contributed by atoms with Crippen LogP contribution in [0.1, 0.15) is 0 Å². The van der Waals surface area contributed by atoms with Crippen molar-refractivity contribution in [2.75, 3.05) is 19.6 Å². The topological polar surface area (TPSA) is 13.0 Å². The number of thiophene rings is 2. The third-order valence-corrected chi connectivity index (χ3v) is 25.9. The molecule has 22 rings (SSSR count). The van der Waals surface area contributed by atoms with Gasteiger partial charge in [0.05, 0.1) is 34.1 Å². The minimum absolute atomic E-state index is 1.04. The average molecular weight is 1540 g/mol. The zero-order valence-electron chi connectivity index (χ0n) is 64.3. The number of rotatable bonds is 17. The maximum atomic E-state index is 2.52. The Balaban J connectivity index is 0.713. The van der Waals surface area contributed by atoms with Crippen LogP contribution in [0.3, 0.4) is 0 Å². The third-order valence-electron chi connectivity index (χ3n) is 23.4. The molecule has 0 aliphatic heterocycles. The molecule has 0 spiro atoms. The van der Waals surface area contributed by atoms with Gasteiger partial charge < -0.3 is 19.6 Å². The fourth-order valence-corrected chi connectivity index (χ4v) is 20.6. The van der Waals surface area contributed by atoms with Gasteiger partial charge in [0.1, 0.15) is 0 Å². The number of nitrogens with zero attached hydrogens (tertiary/aromatic N) is 4. The normalized spacial score (nSPS) is 11.6. The average Bonchev–Trinajstić information content (AvgIpc) is 1.54. The van der Waals surface area contributed by atoms with Crippen molar-refractivity contribution in [3.05, 3.63) is 449 Å². The Morgan fingerprint density at radius 1 is 0.127 bits per heavy atom. The van der Waals surface area contributed by atoms with Crippen LogP contribution in [0.15, 0.2) is 449 Å². The summed E-state index contributed by atoms with van der Waals surface area (Å²) in [5.74, 6) is 0. The zero-order chi connectivity index (χ0) is 78.0. The lowest BCUT2D eigenvalue weighted by molar-refractivity contribution is 1.30. The molecule has 0 saturated heterocycles. The van der Waals surface area contributed by atoms with Crippen LogP contribution in [0, 0.1) is 0 Å². The fourth-order valence-electron chi connectivity index (χ4n) is 17.9. The predicted octanol–water partition coefficient (Wildman–Crippen LogP) is 33.2. The lowest BCUT2D eigenvalue weighted by Crippen LogP contribution is -2.12. The lowest BCUT2D eigenvalue weighted by atomic mass is 9.97. The van der Waals surface area contributed by atoms with E-state index in [0.717, 1.165) is 107 Å².